The van der Waals surface area contributed by atoms with Crippen LogP contribution in [0.25, 0.3) is 5.82 Å². The van der Waals surface area contributed by atoms with E-state index in [0.717, 1.165) is 0 Å². The SMILES string of the molecule is COC(=O)CN(C)C(=O)c1ccc(-n2cncn2)nc1. The Labute approximate surface area is 115 Å². The van der Waals surface area contributed by atoms with Gasteiger partial charge in [0.2, 0.25) is 0 Å². The maximum Gasteiger partial charge on any atom is 0.325 e. The van der Waals surface area contributed by atoms with E-state index in [9.17, 15) is 9.59 Å². The molecule has 1 amide bonds. The van der Waals surface area contributed by atoms with E-state index in [1.54, 1.807) is 12.1 Å². The molecule has 0 bridgehead atoms. The van der Waals surface area contributed by atoms with Crippen molar-refractivity contribution in [3.63, 3.8) is 0 Å². The molecule has 0 atom stereocenters. The van der Waals surface area contributed by atoms with Crippen molar-refractivity contribution in [3.8, 4) is 5.82 Å². The fourth-order valence-electron chi connectivity index (χ4n) is 1.53. The van der Waals surface area contributed by atoms with Crippen LogP contribution in [0.1, 0.15) is 10.4 Å². The Balaban J connectivity index is 2.09. The molecule has 8 heteroatoms. The Morgan fingerprint density at radius 3 is 2.75 bits per heavy atom. The van der Waals surface area contributed by atoms with Gasteiger partial charge in [0.25, 0.3) is 5.91 Å². The van der Waals surface area contributed by atoms with Gasteiger partial charge in [0.15, 0.2) is 5.82 Å². The summed E-state index contributed by atoms with van der Waals surface area (Å²) < 4.78 is 5.99. The van der Waals surface area contributed by atoms with Gasteiger partial charge >= 0.3 is 5.97 Å². The highest BCUT2D eigenvalue weighted by Crippen LogP contribution is 2.06. The Hall–Kier alpha value is -2.77. The molecule has 0 unspecified atom stereocenters. The number of esters is 1. The highest BCUT2D eigenvalue weighted by Gasteiger charge is 2.15. The lowest BCUT2D eigenvalue weighted by molar-refractivity contribution is -0.141. The lowest BCUT2D eigenvalue weighted by atomic mass is 10.2. The Morgan fingerprint density at radius 2 is 2.20 bits per heavy atom. The van der Waals surface area contributed by atoms with E-state index >= 15 is 0 Å². The number of hydrogen-bond acceptors (Lipinski definition) is 6. The number of likely N-dealkylation sites (N-methyl/N-ethyl adjacent to an activating group) is 1. The molecular formula is C12H13N5O3. The molecule has 0 aliphatic carbocycles. The second-order valence-corrected chi connectivity index (χ2v) is 3.98. The van der Waals surface area contributed by atoms with E-state index in [4.69, 9.17) is 0 Å². The van der Waals surface area contributed by atoms with Crippen molar-refractivity contribution >= 4 is 11.9 Å². The van der Waals surface area contributed by atoms with E-state index in [0.29, 0.717) is 11.4 Å². The molecule has 2 aromatic heterocycles. The first kappa shape index (κ1) is 13.7. The number of pyridine rings is 1. The van der Waals surface area contributed by atoms with Crippen molar-refractivity contribution < 1.29 is 14.3 Å². The average Bonchev–Trinajstić information content (AvgIpc) is 3.00. The van der Waals surface area contributed by atoms with Crippen LogP contribution >= 0.6 is 0 Å². The van der Waals surface area contributed by atoms with Gasteiger partial charge < -0.3 is 9.64 Å². The van der Waals surface area contributed by atoms with Gasteiger partial charge in [0, 0.05) is 13.2 Å². The van der Waals surface area contributed by atoms with Crippen molar-refractivity contribution in [3.05, 3.63) is 36.5 Å². The third-order valence-electron chi connectivity index (χ3n) is 2.59. The van der Waals surface area contributed by atoms with Crippen LogP contribution in [0.2, 0.25) is 0 Å². The van der Waals surface area contributed by atoms with Gasteiger partial charge in [-0.1, -0.05) is 0 Å². The number of carbonyl (C=O) groups is 2. The summed E-state index contributed by atoms with van der Waals surface area (Å²) in [5.41, 5.74) is 0.375. The highest BCUT2D eigenvalue weighted by atomic mass is 16.5. The van der Waals surface area contributed by atoms with Gasteiger partial charge in [-0.15, -0.1) is 0 Å². The number of amides is 1. The summed E-state index contributed by atoms with van der Waals surface area (Å²) in [7, 11) is 2.79. The van der Waals surface area contributed by atoms with Gasteiger partial charge in [-0.05, 0) is 12.1 Å². The number of methoxy groups -OCH3 is 1. The van der Waals surface area contributed by atoms with Gasteiger partial charge in [0.05, 0.1) is 12.7 Å². The normalized spacial score (nSPS) is 10.1. The fourth-order valence-corrected chi connectivity index (χ4v) is 1.53. The summed E-state index contributed by atoms with van der Waals surface area (Å²) in [6, 6.07) is 3.26. The van der Waals surface area contributed by atoms with Crippen LogP contribution < -0.4 is 0 Å². The Kier molecular flexibility index (Phi) is 4.04. The molecule has 2 rings (SSSR count). The molecule has 0 saturated heterocycles. The molecule has 8 nitrogen and oxygen atoms in total. The molecule has 2 aromatic rings. The van der Waals surface area contributed by atoms with Crippen molar-refractivity contribution in [2.45, 2.75) is 0 Å². The molecule has 0 aromatic carbocycles. The minimum Gasteiger partial charge on any atom is -0.468 e. The zero-order valence-corrected chi connectivity index (χ0v) is 11.1. The molecule has 0 saturated carbocycles. The van der Waals surface area contributed by atoms with Crippen molar-refractivity contribution in [2.75, 3.05) is 20.7 Å². The first-order valence-corrected chi connectivity index (χ1v) is 5.75. The maximum absolute atomic E-state index is 12.0. The summed E-state index contributed by atoms with van der Waals surface area (Å²) in [4.78, 5) is 32.3. The molecule has 0 aliphatic heterocycles. The summed E-state index contributed by atoms with van der Waals surface area (Å²) in [5, 5.41) is 3.93. The molecule has 0 fully saturated rings. The van der Waals surface area contributed by atoms with Crippen LogP contribution in [0.4, 0.5) is 0 Å². The standard InChI is InChI=1S/C12H13N5O3/c1-16(6-11(18)20-2)12(19)9-3-4-10(14-5-9)17-8-13-7-15-17/h3-5,7-8H,6H2,1-2H3. The third kappa shape index (κ3) is 2.97. The second-order valence-electron chi connectivity index (χ2n) is 3.98. The lowest BCUT2D eigenvalue weighted by Crippen LogP contribution is -2.32. The topological polar surface area (TPSA) is 90.2 Å². The summed E-state index contributed by atoms with van der Waals surface area (Å²) in [5.74, 6) is -0.240. The first-order chi connectivity index (χ1) is 9.61. The van der Waals surface area contributed by atoms with Crippen LogP contribution in [-0.2, 0) is 9.53 Å². The van der Waals surface area contributed by atoms with Crippen molar-refractivity contribution in [2.24, 2.45) is 0 Å². The minimum atomic E-state index is -0.479. The predicted molar refractivity (Wildman–Crippen MR) is 68.1 cm³/mol. The van der Waals surface area contributed by atoms with E-state index in [1.807, 2.05) is 0 Å². The third-order valence-corrected chi connectivity index (χ3v) is 2.59. The first-order valence-electron chi connectivity index (χ1n) is 5.75. The lowest BCUT2D eigenvalue weighted by Gasteiger charge is -2.15. The van der Waals surface area contributed by atoms with E-state index in [-0.39, 0.29) is 12.5 Å². The Morgan fingerprint density at radius 1 is 1.40 bits per heavy atom. The van der Waals surface area contributed by atoms with Crippen LogP contribution in [0, 0.1) is 0 Å². The zero-order chi connectivity index (χ0) is 14.5. The number of hydrogen-bond donors (Lipinski definition) is 0. The van der Waals surface area contributed by atoms with Gasteiger partial charge in [-0.25, -0.2) is 14.6 Å². The molecular weight excluding hydrogens is 262 g/mol. The molecule has 20 heavy (non-hydrogen) atoms. The van der Waals surface area contributed by atoms with E-state index in [2.05, 4.69) is 19.8 Å². The highest BCUT2D eigenvalue weighted by molar-refractivity contribution is 5.95. The number of rotatable bonds is 4. The van der Waals surface area contributed by atoms with Crippen LogP contribution in [0.15, 0.2) is 31.0 Å². The van der Waals surface area contributed by atoms with E-state index in [1.165, 1.54) is 42.6 Å². The molecule has 2 heterocycles. The summed E-state index contributed by atoms with van der Waals surface area (Å²) in [6.07, 6.45) is 4.32. The molecule has 0 radical (unpaired) electrons. The van der Waals surface area contributed by atoms with Crippen LogP contribution in [0.3, 0.4) is 0 Å². The maximum atomic E-state index is 12.0. The largest absolute Gasteiger partial charge is 0.468 e. The monoisotopic (exact) mass is 275 g/mol. The predicted octanol–water partition coefficient (Wildman–Crippen LogP) is -0.0927. The average molecular weight is 275 g/mol. The summed E-state index contributed by atoms with van der Waals surface area (Å²) >= 11 is 0. The van der Waals surface area contributed by atoms with Gasteiger partial charge in [0.1, 0.15) is 19.2 Å². The number of aromatic nitrogens is 4. The second kappa shape index (κ2) is 5.91. The van der Waals surface area contributed by atoms with Gasteiger partial charge in [-0.3, -0.25) is 9.59 Å². The zero-order valence-electron chi connectivity index (χ0n) is 11.1. The smallest absolute Gasteiger partial charge is 0.325 e. The quantitative estimate of drug-likeness (QED) is 0.724. The number of nitrogens with zero attached hydrogens (tertiary/aromatic N) is 5. The Bertz CT molecular complexity index is 594. The number of carbonyl (C=O) groups excluding carboxylic acids is 2. The summed E-state index contributed by atoms with van der Waals surface area (Å²) in [6.45, 7) is -0.111. The molecule has 0 N–H and O–H groups in total. The van der Waals surface area contributed by atoms with Gasteiger partial charge in [-0.2, -0.15) is 5.10 Å². The molecule has 104 valence electrons. The molecule has 0 spiro atoms. The molecule has 0 aliphatic rings. The fraction of sp³-hybridized carbons (Fsp3) is 0.250. The van der Waals surface area contributed by atoms with Crippen LogP contribution in [-0.4, -0.2) is 57.2 Å². The van der Waals surface area contributed by atoms with Crippen molar-refractivity contribution in [1.29, 1.82) is 0 Å². The van der Waals surface area contributed by atoms with Crippen LogP contribution in [0.5, 0.6) is 0 Å². The van der Waals surface area contributed by atoms with Crippen molar-refractivity contribution in [1.82, 2.24) is 24.6 Å². The number of ether oxygens (including phenoxy) is 1. The van der Waals surface area contributed by atoms with E-state index < -0.39 is 5.97 Å². The minimum absolute atomic E-state index is 0.111.